The Morgan fingerprint density at radius 1 is 1.19 bits per heavy atom. The Labute approximate surface area is 168 Å². The van der Waals surface area contributed by atoms with Crippen LogP contribution in [0.1, 0.15) is 29.9 Å². The Bertz CT molecular complexity index is 913. The molecule has 27 heavy (non-hydrogen) atoms. The average Bonchev–Trinajstić information content (AvgIpc) is 3.00. The summed E-state index contributed by atoms with van der Waals surface area (Å²) in [6, 6.07) is 17.5. The SMILES string of the molecule is Cc1nnc(SCC(=O)N[C@@H](C)c2cccc(Cl)c2)n1Cc1ccccc1. The minimum atomic E-state index is -0.110. The van der Waals surface area contributed by atoms with Crippen LogP contribution in [0, 0.1) is 6.92 Å². The first-order chi connectivity index (χ1) is 13.0. The fraction of sp³-hybridized carbons (Fsp3) is 0.250. The van der Waals surface area contributed by atoms with Gasteiger partial charge in [0.1, 0.15) is 5.82 Å². The fourth-order valence-electron chi connectivity index (χ4n) is 2.69. The first kappa shape index (κ1) is 19.5. The van der Waals surface area contributed by atoms with Crippen molar-refractivity contribution in [2.24, 2.45) is 0 Å². The van der Waals surface area contributed by atoms with Crippen molar-refractivity contribution in [2.75, 3.05) is 5.75 Å². The summed E-state index contributed by atoms with van der Waals surface area (Å²) < 4.78 is 2.02. The molecule has 0 spiro atoms. The number of hydrogen-bond donors (Lipinski definition) is 1. The summed E-state index contributed by atoms with van der Waals surface area (Å²) in [7, 11) is 0. The lowest BCUT2D eigenvalue weighted by atomic mass is 10.1. The van der Waals surface area contributed by atoms with E-state index in [1.54, 1.807) is 0 Å². The third kappa shape index (κ3) is 5.34. The average molecular weight is 401 g/mol. The van der Waals surface area contributed by atoms with E-state index < -0.39 is 0 Å². The van der Waals surface area contributed by atoms with Crippen molar-refractivity contribution < 1.29 is 4.79 Å². The Kier molecular flexibility index (Phi) is 6.53. The second-order valence-corrected chi connectivity index (χ2v) is 7.61. The molecule has 0 aliphatic carbocycles. The molecule has 0 radical (unpaired) electrons. The molecule has 140 valence electrons. The van der Waals surface area contributed by atoms with Crippen molar-refractivity contribution in [3.63, 3.8) is 0 Å². The summed E-state index contributed by atoms with van der Waals surface area (Å²) in [5.74, 6) is 1.05. The molecule has 1 atom stereocenters. The minimum absolute atomic E-state index is 0.0561. The summed E-state index contributed by atoms with van der Waals surface area (Å²) >= 11 is 7.40. The standard InChI is InChI=1S/C20H21ClN4OS/c1-14(17-9-6-10-18(21)11-17)22-19(26)13-27-20-24-23-15(2)25(20)12-16-7-4-3-5-8-16/h3-11,14H,12-13H2,1-2H3,(H,22,26)/t14-/m0/s1. The van der Waals surface area contributed by atoms with Gasteiger partial charge < -0.3 is 9.88 Å². The van der Waals surface area contributed by atoms with Crippen LogP contribution in [-0.4, -0.2) is 26.4 Å². The zero-order valence-corrected chi connectivity index (χ0v) is 16.8. The number of hydrogen-bond acceptors (Lipinski definition) is 4. The van der Waals surface area contributed by atoms with Crippen LogP contribution in [0.2, 0.25) is 5.02 Å². The van der Waals surface area contributed by atoms with Gasteiger partial charge in [0.15, 0.2) is 5.16 Å². The molecule has 1 heterocycles. The number of nitrogens with one attached hydrogen (secondary N) is 1. The molecule has 1 aromatic heterocycles. The molecular weight excluding hydrogens is 380 g/mol. The highest BCUT2D eigenvalue weighted by Gasteiger charge is 2.14. The number of nitrogens with zero attached hydrogens (tertiary/aromatic N) is 3. The third-order valence-corrected chi connectivity index (χ3v) is 5.35. The van der Waals surface area contributed by atoms with Gasteiger partial charge in [0.25, 0.3) is 0 Å². The zero-order chi connectivity index (χ0) is 19.2. The van der Waals surface area contributed by atoms with Gasteiger partial charge >= 0.3 is 0 Å². The number of benzene rings is 2. The Hall–Kier alpha value is -2.31. The van der Waals surface area contributed by atoms with Crippen LogP contribution < -0.4 is 5.32 Å². The van der Waals surface area contributed by atoms with E-state index in [9.17, 15) is 4.79 Å². The number of aromatic nitrogens is 3. The summed E-state index contributed by atoms with van der Waals surface area (Å²) in [5, 5.41) is 12.8. The smallest absolute Gasteiger partial charge is 0.230 e. The predicted molar refractivity (Wildman–Crippen MR) is 109 cm³/mol. The minimum Gasteiger partial charge on any atom is -0.349 e. The highest BCUT2D eigenvalue weighted by atomic mass is 35.5. The Morgan fingerprint density at radius 2 is 1.96 bits per heavy atom. The lowest BCUT2D eigenvalue weighted by Crippen LogP contribution is -2.28. The molecule has 0 bridgehead atoms. The van der Waals surface area contributed by atoms with E-state index in [0.29, 0.717) is 11.6 Å². The van der Waals surface area contributed by atoms with Gasteiger partial charge in [0.05, 0.1) is 18.3 Å². The molecule has 2 aromatic carbocycles. The predicted octanol–water partition coefficient (Wildman–Crippen LogP) is 4.26. The van der Waals surface area contributed by atoms with E-state index >= 15 is 0 Å². The number of carbonyl (C=O) groups excluding carboxylic acids is 1. The van der Waals surface area contributed by atoms with Crippen LogP contribution in [0.3, 0.4) is 0 Å². The monoisotopic (exact) mass is 400 g/mol. The first-order valence-electron chi connectivity index (χ1n) is 8.64. The van der Waals surface area contributed by atoms with Crippen molar-refractivity contribution in [2.45, 2.75) is 31.6 Å². The van der Waals surface area contributed by atoms with Gasteiger partial charge in [-0.25, -0.2) is 0 Å². The van der Waals surface area contributed by atoms with Crippen LogP contribution in [0.4, 0.5) is 0 Å². The summed E-state index contributed by atoms with van der Waals surface area (Å²) in [5.41, 5.74) is 2.14. The largest absolute Gasteiger partial charge is 0.349 e. The summed E-state index contributed by atoms with van der Waals surface area (Å²) in [6.07, 6.45) is 0. The molecule has 5 nitrogen and oxygen atoms in total. The van der Waals surface area contributed by atoms with Crippen molar-refractivity contribution >= 4 is 29.3 Å². The summed E-state index contributed by atoms with van der Waals surface area (Å²) in [6.45, 7) is 4.54. The number of carbonyl (C=O) groups is 1. The normalized spacial score (nSPS) is 12.0. The summed E-state index contributed by atoms with van der Waals surface area (Å²) in [4.78, 5) is 12.3. The van der Waals surface area contributed by atoms with Crippen molar-refractivity contribution in [3.05, 3.63) is 76.6 Å². The van der Waals surface area contributed by atoms with Crippen molar-refractivity contribution in [1.29, 1.82) is 0 Å². The molecule has 0 unspecified atom stereocenters. The van der Waals surface area contributed by atoms with E-state index in [-0.39, 0.29) is 17.7 Å². The molecule has 7 heteroatoms. The molecule has 0 aliphatic rings. The molecular formula is C20H21ClN4OS. The number of halogens is 1. The molecule has 1 amide bonds. The van der Waals surface area contributed by atoms with Crippen LogP contribution in [0.5, 0.6) is 0 Å². The van der Waals surface area contributed by atoms with E-state index in [2.05, 4.69) is 27.6 Å². The van der Waals surface area contributed by atoms with Crippen LogP contribution in [-0.2, 0) is 11.3 Å². The fourth-order valence-corrected chi connectivity index (χ4v) is 3.68. The zero-order valence-electron chi connectivity index (χ0n) is 15.2. The molecule has 0 saturated heterocycles. The van der Waals surface area contributed by atoms with Crippen molar-refractivity contribution in [1.82, 2.24) is 20.1 Å². The van der Waals surface area contributed by atoms with Gasteiger partial charge in [-0.2, -0.15) is 0 Å². The maximum atomic E-state index is 12.3. The molecule has 3 rings (SSSR count). The van der Waals surface area contributed by atoms with Crippen LogP contribution in [0.25, 0.3) is 0 Å². The van der Waals surface area contributed by atoms with E-state index in [1.807, 2.05) is 60.9 Å². The Balaban J connectivity index is 1.59. The highest BCUT2D eigenvalue weighted by Crippen LogP contribution is 2.20. The van der Waals surface area contributed by atoms with Gasteiger partial charge in [-0.15, -0.1) is 10.2 Å². The maximum absolute atomic E-state index is 12.3. The molecule has 0 aliphatic heterocycles. The van der Waals surface area contributed by atoms with Crippen LogP contribution in [0.15, 0.2) is 59.8 Å². The van der Waals surface area contributed by atoms with Gasteiger partial charge in [-0.3, -0.25) is 4.79 Å². The van der Waals surface area contributed by atoms with Gasteiger partial charge in [-0.1, -0.05) is 65.8 Å². The third-order valence-electron chi connectivity index (χ3n) is 4.14. The molecule has 0 fully saturated rings. The second-order valence-electron chi connectivity index (χ2n) is 6.23. The van der Waals surface area contributed by atoms with E-state index in [4.69, 9.17) is 11.6 Å². The lowest BCUT2D eigenvalue weighted by molar-refractivity contribution is -0.119. The van der Waals surface area contributed by atoms with E-state index in [1.165, 1.54) is 17.3 Å². The number of amides is 1. The van der Waals surface area contributed by atoms with Crippen LogP contribution >= 0.6 is 23.4 Å². The molecule has 1 N–H and O–H groups in total. The maximum Gasteiger partial charge on any atom is 0.230 e. The molecule has 0 saturated carbocycles. The van der Waals surface area contributed by atoms with Gasteiger partial charge in [0.2, 0.25) is 5.91 Å². The number of rotatable bonds is 7. The highest BCUT2D eigenvalue weighted by molar-refractivity contribution is 7.99. The van der Waals surface area contributed by atoms with Gasteiger partial charge in [0, 0.05) is 5.02 Å². The van der Waals surface area contributed by atoms with Crippen molar-refractivity contribution in [3.8, 4) is 0 Å². The van der Waals surface area contributed by atoms with E-state index in [0.717, 1.165) is 16.5 Å². The second kappa shape index (κ2) is 9.06. The number of aryl methyl sites for hydroxylation is 1. The Morgan fingerprint density at radius 3 is 2.70 bits per heavy atom. The lowest BCUT2D eigenvalue weighted by Gasteiger charge is -2.14. The number of thioether (sulfide) groups is 1. The quantitative estimate of drug-likeness (QED) is 0.602. The first-order valence-corrected chi connectivity index (χ1v) is 10.0. The topological polar surface area (TPSA) is 59.8 Å². The molecule has 3 aromatic rings. The van der Waals surface area contributed by atoms with Gasteiger partial charge in [-0.05, 0) is 37.1 Å².